The van der Waals surface area contributed by atoms with Crippen molar-refractivity contribution < 1.29 is 19.1 Å². The van der Waals surface area contributed by atoms with Gasteiger partial charge >= 0.3 is 5.97 Å². The van der Waals surface area contributed by atoms with E-state index in [1.165, 1.54) is 7.11 Å². The van der Waals surface area contributed by atoms with Crippen LogP contribution in [-0.2, 0) is 26.3 Å². The highest BCUT2D eigenvalue weighted by Crippen LogP contribution is 2.55. The van der Waals surface area contributed by atoms with Gasteiger partial charge in [0.1, 0.15) is 17.8 Å². The zero-order chi connectivity index (χ0) is 17.2. The summed E-state index contributed by atoms with van der Waals surface area (Å²) in [6.07, 6.45) is 3.78. The monoisotopic (exact) mass is 326 g/mol. The number of carbonyl (C=O) groups excluding carboxylic acids is 2. The molecule has 1 fully saturated rings. The van der Waals surface area contributed by atoms with Crippen LogP contribution in [0.1, 0.15) is 17.5 Å². The highest BCUT2D eigenvalue weighted by atomic mass is 16.5. The molecule has 124 valence electrons. The number of nitrogens with two attached hydrogens (primary N) is 1. The Hall–Kier alpha value is -2.89. The van der Waals surface area contributed by atoms with E-state index in [2.05, 4.69) is 4.98 Å². The van der Waals surface area contributed by atoms with Crippen LogP contribution in [0.3, 0.4) is 0 Å². The fraction of sp³-hybridized carbons (Fsp3) is 0.278. The Morgan fingerprint density at radius 2 is 2.17 bits per heavy atom. The summed E-state index contributed by atoms with van der Waals surface area (Å²) in [6, 6.07) is 10.9. The first kappa shape index (κ1) is 16.0. The molecule has 2 N–H and O–H groups in total. The maximum Gasteiger partial charge on any atom is 0.317 e. The van der Waals surface area contributed by atoms with E-state index < -0.39 is 23.2 Å². The van der Waals surface area contributed by atoms with Crippen LogP contribution < -0.4 is 10.5 Å². The van der Waals surface area contributed by atoms with Gasteiger partial charge in [0.25, 0.3) is 0 Å². The molecular weight excluding hydrogens is 308 g/mol. The smallest absolute Gasteiger partial charge is 0.317 e. The predicted molar refractivity (Wildman–Crippen MR) is 86.0 cm³/mol. The minimum Gasteiger partial charge on any atom is -0.489 e. The van der Waals surface area contributed by atoms with Crippen molar-refractivity contribution in [1.29, 1.82) is 0 Å². The molecule has 2 aromatic rings. The molecule has 0 aliphatic heterocycles. The number of aromatic nitrogens is 1. The van der Waals surface area contributed by atoms with Crippen molar-refractivity contribution in [2.45, 2.75) is 18.4 Å². The van der Waals surface area contributed by atoms with Crippen molar-refractivity contribution in [2.75, 3.05) is 7.11 Å². The van der Waals surface area contributed by atoms with Crippen LogP contribution in [0.4, 0.5) is 0 Å². The van der Waals surface area contributed by atoms with Crippen LogP contribution in [0.25, 0.3) is 0 Å². The average molecular weight is 326 g/mol. The number of nitrogens with zero attached hydrogens (tertiary/aromatic N) is 1. The van der Waals surface area contributed by atoms with E-state index in [4.69, 9.17) is 15.2 Å². The molecule has 1 aromatic heterocycles. The number of esters is 1. The quantitative estimate of drug-likeness (QED) is 0.814. The van der Waals surface area contributed by atoms with E-state index in [1.807, 2.05) is 12.1 Å². The summed E-state index contributed by atoms with van der Waals surface area (Å²) in [7, 11) is 1.31. The van der Waals surface area contributed by atoms with E-state index in [0.29, 0.717) is 24.3 Å². The molecule has 1 aromatic carbocycles. The lowest BCUT2D eigenvalue weighted by Crippen LogP contribution is -2.29. The van der Waals surface area contributed by atoms with Crippen LogP contribution in [-0.4, -0.2) is 24.0 Å². The van der Waals surface area contributed by atoms with Crippen LogP contribution in [0.2, 0.25) is 0 Å². The lowest BCUT2D eigenvalue weighted by atomic mass is 9.92. The molecular formula is C18H18N2O4. The van der Waals surface area contributed by atoms with E-state index in [1.54, 1.807) is 36.7 Å². The molecule has 2 atom stereocenters. The maximum absolute atomic E-state index is 12.2. The summed E-state index contributed by atoms with van der Waals surface area (Å²) < 4.78 is 10.6. The fourth-order valence-corrected chi connectivity index (χ4v) is 2.96. The van der Waals surface area contributed by atoms with Gasteiger partial charge in [-0.3, -0.25) is 14.6 Å². The minimum atomic E-state index is -0.992. The normalized spacial score (nSPS) is 21.8. The van der Waals surface area contributed by atoms with E-state index >= 15 is 0 Å². The number of benzene rings is 1. The molecule has 24 heavy (non-hydrogen) atoms. The van der Waals surface area contributed by atoms with Crippen LogP contribution in [0, 0.1) is 5.92 Å². The number of primary amides is 1. The Morgan fingerprint density at radius 3 is 2.79 bits per heavy atom. The zero-order valence-corrected chi connectivity index (χ0v) is 13.3. The summed E-state index contributed by atoms with van der Waals surface area (Å²) in [5.74, 6) is -0.883. The second-order valence-electron chi connectivity index (χ2n) is 5.80. The molecule has 1 aliphatic rings. The lowest BCUT2D eigenvalue weighted by molar-refractivity contribution is -0.145. The Morgan fingerprint density at radius 1 is 1.33 bits per heavy atom. The summed E-state index contributed by atoms with van der Waals surface area (Å²) in [5.41, 5.74) is 6.02. The highest BCUT2D eigenvalue weighted by Gasteiger charge is 2.65. The highest BCUT2D eigenvalue weighted by molar-refractivity contribution is 5.97. The molecule has 0 spiro atoms. The number of ether oxygens (including phenoxy) is 2. The number of hydrogen-bond donors (Lipinski definition) is 1. The lowest BCUT2D eigenvalue weighted by Gasteiger charge is -2.16. The summed E-state index contributed by atoms with van der Waals surface area (Å²) in [4.78, 5) is 27.8. The Labute approximate surface area is 139 Å². The van der Waals surface area contributed by atoms with Gasteiger partial charge in [-0.2, -0.15) is 0 Å². The first-order valence-electron chi connectivity index (χ1n) is 7.58. The van der Waals surface area contributed by atoms with Gasteiger partial charge in [0.15, 0.2) is 0 Å². The number of rotatable bonds is 6. The minimum absolute atomic E-state index is 0.362. The zero-order valence-electron chi connectivity index (χ0n) is 13.3. The molecule has 6 nitrogen and oxygen atoms in total. The van der Waals surface area contributed by atoms with E-state index in [9.17, 15) is 9.59 Å². The Bertz CT molecular complexity index is 763. The van der Waals surface area contributed by atoms with Gasteiger partial charge in [-0.1, -0.05) is 18.2 Å². The number of methoxy groups -OCH3 is 1. The van der Waals surface area contributed by atoms with Gasteiger partial charge in [0.2, 0.25) is 5.91 Å². The molecule has 1 aliphatic carbocycles. The van der Waals surface area contributed by atoms with E-state index in [-0.39, 0.29) is 0 Å². The molecule has 0 radical (unpaired) electrons. The van der Waals surface area contributed by atoms with Gasteiger partial charge < -0.3 is 15.2 Å². The molecule has 1 heterocycles. The van der Waals surface area contributed by atoms with Gasteiger partial charge in [-0.15, -0.1) is 0 Å². The van der Waals surface area contributed by atoms with Gasteiger partial charge in [-0.25, -0.2) is 0 Å². The molecule has 0 unspecified atom stereocenters. The maximum atomic E-state index is 12.2. The summed E-state index contributed by atoms with van der Waals surface area (Å²) in [5, 5.41) is 0. The fourth-order valence-electron chi connectivity index (χ4n) is 2.96. The third-order valence-electron chi connectivity index (χ3n) is 4.33. The molecule has 6 heteroatoms. The first-order chi connectivity index (χ1) is 11.6. The van der Waals surface area contributed by atoms with Crippen LogP contribution >= 0.6 is 0 Å². The van der Waals surface area contributed by atoms with Crippen LogP contribution in [0.15, 0.2) is 48.8 Å². The standard InChI is InChI=1S/C18H18N2O4/c1-23-17(22)18(9-15(18)16(19)21)13-5-2-6-14(8-13)24-11-12-4-3-7-20-10-12/h2-8,10,15H,9,11H2,1H3,(H2,19,21)/t15-,18-/m0/s1. The molecule has 1 saturated carbocycles. The summed E-state index contributed by atoms with van der Waals surface area (Å²) in [6.45, 7) is 0.363. The Kier molecular flexibility index (Phi) is 4.20. The van der Waals surface area contributed by atoms with Crippen molar-refractivity contribution in [3.8, 4) is 5.75 Å². The van der Waals surface area contributed by atoms with Crippen molar-refractivity contribution in [3.63, 3.8) is 0 Å². The summed E-state index contributed by atoms with van der Waals surface area (Å²) >= 11 is 0. The number of pyridine rings is 1. The molecule has 0 bridgehead atoms. The van der Waals surface area contributed by atoms with Crippen molar-refractivity contribution in [2.24, 2.45) is 11.7 Å². The number of carbonyl (C=O) groups is 2. The van der Waals surface area contributed by atoms with Gasteiger partial charge in [0.05, 0.1) is 13.0 Å². The third-order valence-corrected chi connectivity index (χ3v) is 4.33. The molecule has 0 saturated heterocycles. The first-order valence-corrected chi connectivity index (χ1v) is 7.58. The van der Waals surface area contributed by atoms with Crippen molar-refractivity contribution >= 4 is 11.9 Å². The second-order valence-corrected chi connectivity index (χ2v) is 5.80. The largest absolute Gasteiger partial charge is 0.489 e. The molecule has 3 rings (SSSR count). The van der Waals surface area contributed by atoms with Gasteiger partial charge in [-0.05, 0) is 30.2 Å². The van der Waals surface area contributed by atoms with Gasteiger partial charge in [0, 0.05) is 18.0 Å². The van der Waals surface area contributed by atoms with E-state index in [0.717, 1.165) is 5.56 Å². The Balaban J connectivity index is 1.82. The SMILES string of the molecule is COC(=O)[C@]1(c2cccc(OCc3cccnc3)c2)C[C@H]1C(N)=O. The average Bonchev–Trinajstić information content (AvgIpc) is 3.38. The number of hydrogen-bond acceptors (Lipinski definition) is 5. The predicted octanol–water partition coefficient (Wildman–Crippen LogP) is 1.58. The molecule has 1 amide bonds. The van der Waals surface area contributed by atoms with Crippen LogP contribution in [0.5, 0.6) is 5.75 Å². The van der Waals surface area contributed by atoms with Crippen molar-refractivity contribution in [3.05, 3.63) is 59.9 Å². The van der Waals surface area contributed by atoms with Crippen molar-refractivity contribution in [1.82, 2.24) is 4.98 Å². The third kappa shape index (κ3) is 2.82. The topological polar surface area (TPSA) is 91.5 Å². The number of amides is 1. The second kappa shape index (κ2) is 6.31.